The summed E-state index contributed by atoms with van der Waals surface area (Å²) in [5, 5.41) is 7.70. The fourth-order valence-corrected chi connectivity index (χ4v) is 11.2. The van der Waals surface area contributed by atoms with Gasteiger partial charge in [0.2, 0.25) is 17.7 Å². The normalized spacial score (nSPS) is 21.6. The first-order valence-electron chi connectivity index (χ1n) is 22.0. The Morgan fingerprint density at radius 1 is 0.661 bits per heavy atom. The molecular formula is C51H61N5O3. The number of amides is 3. The first-order valence-corrected chi connectivity index (χ1v) is 22.0. The number of unbranched alkanes of at least 4 members (excludes halogenated alkanes) is 1. The summed E-state index contributed by atoms with van der Waals surface area (Å²) in [6.07, 6.45) is 10.2. The SMILES string of the molecule is NCCCC[C@H](N)C(=O)N[C@@H](Cc1ccccc1)CN(CC(=O)N(Cc1cccc2ccccc12)Cc1cccc2ccccc12)C(=O)C[C@]12CC3C[C@H](C[C@H](C3)C1)C2. The van der Waals surface area contributed by atoms with Crippen molar-refractivity contribution < 1.29 is 14.4 Å². The molecule has 4 aliphatic rings. The quantitative estimate of drug-likeness (QED) is 0.0775. The molecule has 5 N–H and O–H groups in total. The Kier molecular flexibility index (Phi) is 12.7. The summed E-state index contributed by atoms with van der Waals surface area (Å²) in [5.74, 6) is 1.75. The highest BCUT2D eigenvalue weighted by Crippen LogP contribution is 2.61. The smallest absolute Gasteiger partial charge is 0.242 e. The summed E-state index contributed by atoms with van der Waals surface area (Å²) in [6.45, 7) is 1.47. The third-order valence-electron chi connectivity index (χ3n) is 13.6. The molecular weight excluding hydrogens is 731 g/mol. The molecule has 8 heteroatoms. The number of nitrogens with zero attached hydrogens (tertiary/aromatic N) is 2. The molecule has 0 unspecified atom stereocenters. The topological polar surface area (TPSA) is 122 Å². The molecule has 0 aromatic heterocycles. The summed E-state index contributed by atoms with van der Waals surface area (Å²) in [4.78, 5) is 47.6. The molecule has 0 aliphatic heterocycles. The number of nitrogens with two attached hydrogens (primary N) is 2. The number of nitrogens with one attached hydrogen (secondary N) is 1. The largest absolute Gasteiger partial charge is 0.350 e. The van der Waals surface area contributed by atoms with E-state index in [0.29, 0.717) is 56.7 Å². The maximum Gasteiger partial charge on any atom is 0.242 e. The lowest BCUT2D eigenvalue weighted by Crippen LogP contribution is -2.54. The zero-order valence-corrected chi connectivity index (χ0v) is 34.4. The minimum absolute atomic E-state index is 0.00938. The highest BCUT2D eigenvalue weighted by atomic mass is 16.2. The number of carbonyl (C=O) groups excluding carboxylic acids is 3. The van der Waals surface area contributed by atoms with Gasteiger partial charge in [-0.3, -0.25) is 14.4 Å². The lowest BCUT2D eigenvalue weighted by molar-refractivity contribution is -0.146. The van der Waals surface area contributed by atoms with Gasteiger partial charge in [0.15, 0.2) is 0 Å². The van der Waals surface area contributed by atoms with Crippen molar-refractivity contribution in [1.29, 1.82) is 0 Å². The van der Waals surface area contributed by atoms with E-state index < -0.39 is 12.1 Å². The van der Waals surface area contributed by atoms with Gasteiger partial charge in [-0.25, -0.2) is 0 Å². The van der Waals surface area contributed by atoms with Crippen LogP contribution in [0.5, 0.6) is 0 Å². The number of fused-ring (bicyclic) bond motifs is 2. The van der Waals surface area contributed by atoms with Crippen molar-refractivity contribution in [2.75, 3.05) is 19.6 Å². The van der Waals surface area contributed by atoms with Crippen LogP contribution >= 0.6 is 0 Å². The summed E-state index contributed by atoms with van der Waals surface area (Å²) in [6, 6.07) is 38.0. The van der Waals surface area contributed by atoms with E-state index in [9.17, 15) is 4.79 Å². The highest BCUT2D eigenvalue weighted by molar-refractivity contribution is 5.89. The van der Waals surface area contributed by atoms with Crippen LogP contribution in [0.2, 0.25) is 0 Å². The molecule has 0 saturated heterocycles. The van der Waals surface area contributed by atoms with Crippen LogP contribution in [-0.2, 0) is 33.9 Å². The highest BCUT2D eigenvalue weighted by Gasteiger charge is 2.52. The van der Waals surface area contributed by atoms with Gasteiger partial charge in [0.25, 0.3) is 0 Å². The molecule has 2 atom stereocenters. The number of rotatable bonds is 18. The molecule has 5 aromatic rings. The summed E-state index contributed by atoms with van der Waals surface area (Å²) in [7, 11) is 0. The number of benzene rings is 5. The lowest BCUT2D eigenvalue weighted by Gasteiger charge is -2.57. The molecule has 59 heavy (non-hydrogen) atoms. The van der Waals surface area contributed by atoms with Crippen molar-refractivity contribution in [2.24, 2.45) is 34.6 Å². The molecule has 3 amide bonds. The fraction of sp³-hybridized carbons (Fsp3) is 0.431. The fourth-order valence-electron chi connectivity index (χ4n) is 11.2. The minimum Gasteiger partial charge on any atom is -0.350 e. The van der Waals surface area contributed by atoms with Crippen molar-refractivity contribution in [2.45, 2.75) is 95.8 Å². The summed E-state index contributed by atoms with van der Waals surface area (Å²) < 4.78 is 0. The Morgan fingerprint density at radius 2 is 1.20 bits per heavy atom. The molecule has 0 spiro atoms. The zero-order chi connectivity index (χ0) is 40.8. The Bertz CT molecular complexity index is 2110. The van der Waals surface area contributed by atoms with E-state index in [0.717, 1.165) is 70.3 Å². The molecule has 4 fully saturated rings. The van der Waals surface area contributed by atoms with Gasteiger partial charge in [0.05, 0.1) is 18.6 Å². The molecule has 0 heterocycles. The number of carbonyl (C=O) groups is 3. The van der Waals surface area contributed by atoms with Crippen LogP contribution < -0.4 is 16.8 Å². The first kappa shape index (κ1) is 40.7. The van der Waals surface area contributed by atoms with Crippen molar-refractivity contribution >= 4 is 39.3 Å². The summed E-state index contributed by atoms with van der Waals surface area (Å²) >= 11 is 0. The van der Waals surface area contributed by atoms with Crippen LogP contribution in [0, 0.1) is 23.2 Å². The Hall–Kier alpha value is -5.05. The van der Waals surface area contributed by atoms with Crippen LogP contribution in [0.3, 0.4) is 0 Å². The third-order valence-corrected chi connectivity index (χ3v) is 13.6. The van der Waals surface area contributed by atoms with Gasteiger partial charge < -0.3 is 26.6 Å². The van der Waals surface area contributed by atoms with E-state index in [4.69, 9.17) is 11.5 Å². The van der Waals surface area contributed by atoms with Crippen molar-refractivity contribution in [1.82, 2.24) is 15.1 Å². The van der Waals surface area contributed by atoms with Gasteiger partial charge >= 0.3 is 0 Å². The molecule has 5 aromatic carbocycles. The van der Waals surface area contributed by atoms with E-state index in [1.807, 2.05) is 59.5 Å². The average Bonchev–Trinajstić information content (AvgIpc) is 3.23. The van der Waals surface area contributed by atoms with Crippen LogP contribution in [0.4, 0.5) is 0 Å². The van der Waals surface area contributed by atoms with E-state index in [1.165, 1.54) is 19.3 Å². The Labute approximate surface area is 349 Å². The maximum atomic E-state index is 15.1. The van der Waals surface area contributed by atoms with E-state index >= 15 is 9.59 Å². The third kappa shape index (κ3) is 9.88. The molecule has 0 radical (unpaired) electrons. The van der Waals surface area contributed by atoms with Gasteiger partial charge in [-0.05, 0) is 126 Å². The predicted octanol–water partition coefficient (Wildman–Crippen LogP) is 8.14. The predicted molar refractivity (Wildman–Crippen MR) is 237 cm³/mol. The number of hydrogen-bond acceptors (Lipinski definition) is 5. The number of hydrogen-bond donors (Lipinski definition) is 3. The maximum absolute atomic E-state index is 15.1. The minimum atomic E-state index is -0.686. The van der Waals surface area contributed by atoms with Crippen LogP contribution in [0.15, 0.2) is 115 Å². The Balaban J connectivity index is 1.11. The second-order valence-corrected chi connectivity index (χ2v) is 18.2. The first-order chi connectivity index (χ1) is 28.7. The molecule has 308 valence electrons. The van der Waals surface area contributed by atoms with E-state index in [-0.39, 0.29) is 36.2 Å². The van der Waals surface area contributed by atoms with E-state index in [1.54, 1.807) is 4.90 Å². The van der Waals surface area contributed by atoms with Gasteiger partial charge in [0, 0.05) is 26.1 Å². The lowest BCUT2D eigenvalue weighted by atomic mass is 9.49. The second kappa shape index (κ2) is 18.5. The zero-order valence-electron chi connectivity index (χ0n) is 34.4. The Morgan fingerprint density at radius 3 is 1.78 bits per heavy atom. The molecule has 9 rings (SSSR count). The van der Waals surface area contributed by atoms with Crippen LogP contribution in [0.1, 0.15) is 80.9 Å². The molecule has 4 aliphatic carbocycles. The van der Waals surface area contributed by atoms with Gasteiger partial charge in [-0.1, -0.05) is 122 Å². The molecule has 4 bridgehead atoms. The summed E-state index contributed by atoms with van der Waals surface area (Å²) in [5.41, 5.74) is 15.3. The average molecular weight is 792 g/mol. The molecule has 8 nitrogen and oxygen atoms in total. The van der Waals surface area contributed by atoms with Gasteiger partial charge in [0.1, 0.15) is 0 Å². The van der Waals surface area contributed by atoms with Gasteiger partial charge in [-0.15, -0.1) is 0 Å². The van der Waals surface area contributed by atoms with Crippen molar-refractivity contribution in [3.63, 3.8) is 0 Å². The van der Waals surface area contributed by atoms with Crippen LogP contribution in [-0.4, -0.2) is 59.2 Å². The van der Waals surface area contributed by atoms with E-state index in [2.05, 4.69) is 66.0 Å². The second-order valence-electron chi connectivity index (χ2n) is 18.2. The van der Waals surface area contributed by atoms with Crippen LogP contribution in [0.25, 0.3) is 21.5 Å². The van der Waals surface area contributed by atoms with Gasteiger partial charge in [-0.2, -0.15) is 0 Å². The van der Waals surface area contributed by atoms with Crippen molar-refractivity contribution in [3.05, 3.63) is 132 Å². The standard InChI is InChI=1S/C51H61N5O3/c52-23-9-8-22-47(53)50(59)54-44(27-36-12-2-1-3-13-36)34-56(48(57)31-51-28-37-24-38(29-51)26-39(25-37)30-51)35-49(58)55(32-42-18-10-16-40-14-4-6-20-45(40)42)33-43-19-11-17-41-15-5-7-21-46(41)43/h1-7,10-21,37-39,44,47H,8-9,22-35,52-53H2,(H,54,59)/t37-,38+,39?,44-,47-,51-/m0/s1. The molecule has 4 saturated carbocycles. The van der Waals surface area contributed by atoms with Crippen molar-refractivity contribution in [3.8, 4) is 0 Å². The monoisotopic (exact) mass is 791 g/mol.